The quantitative estimate of drug-likeness (QED) is 0.888. The third kappa shape index (κ3) is 2.97. The van der Waals surface area contributed by atoms with Crippen LogP contribution in [-0.4, -0.2) is 28.5 Å². The van der Waals surface area contributed by atoms with Gasteiger partial charge in [-0.1, -0.05) is 25.0 Å². The van der Waals surface area contributed by atoms with E-state index >= 15 is 0 Å². The Morgan fingerprint density at radius 1 is 1.27 bits per heavy atom. The van der Waals surface area contributed by atoms with Crippen LogP contribution in [0.5, 0.6) is 0 Å². The zero-order valence-corrected chi connectivity index (χ0v) is 13.0. The van der Waals surface area contributed by atoms with E-state index < -0.39 is 11.4 Å². The molecule has 0 aliphatic heterocycles. The van der Waals surface area contributed by atoms with Gasteiger partial charge in [0.15, 0.2) is 0 Å². The Bertz CT molecular complexity index is 671. The van der Waals surface area contributed by atoms with Crippen molar-refractivity contribution in [3.63, 3.8) is 0 Å². The van der Waals surface area contributed by atoms with Crippen LogP contribution in [0.15, 0.2) is 24.3 Å². The van der Waals surface area contributed by atoms with Crippen LogP contribution in [0, 0.1) is 5.41 Å². The summed E-state index contributed by atoms with van der Waals surface area (Å²) in [7, 11) is 0. The molecule has 6 heteroatoms. The van der Waals surface area contributed by atoms with Crippen LogP contribution in [0.1, 0.15) is 30.7 Å². The first-order chi connectivity index (χ1) is 10.6. The van der Waals surface area contributed by atoms with Crippen LogP contribution in [0.2, 0.25) is 0 Å². The van der Waals surface area contributed by atoms with Gasteiger partial charge in [0, 0.05) is 6.42 Å². The van der Waals surface area contributed by atoms with Crippen LogP contribution in [0.3, 0.4) is 0 Å². The third-order valence-corrected chi connectivity index (χ3v) is 5.31. The lowest BCUT2D eigenvalue weighted by molar-refractivity contribution is -0.140. The van der Waals surface area contributed by atoms with Gasteiger partial charge in [-0.25, -0.2) is 4.98 Å². The number of nitrogens with one attached hydrogen (secondary N) is 1. The molecular formula is C16H18N2O3S. The topological polar surface area (TPSA) is 79.3 Å². The van der Waals surface area contributed by atoms with E-state index in [1.807, 2.05) is 24.3 Å². The van der Waals surface area contributed by atoms with Gasteiger partial charge < -0.3 is 10.4 Å². The van der Waals surface area contributed by atoms with Crippen molar-refractivity contribution in [2.75, 3.05) is 6.54 Å². The molecule has 1 amide bonds. The highest BCUT2D eigenvalue weighted by molar-refractivity contribution is 7.18. The standard InChI is InChI=1S/C16H18N2O3S/c19-14(20)10-17-15(21)16(7-3-4-8-16)9-13-18-11-5-1-2-6-12(11)22-13/h1-2,5-6H,3-4,7-10H2,(H,17,21)(H,19,20). The molecule has 3 rings (SSSR count). The summed E-state index contributed by atoms with van der Waals surface area (Å²) in [4.78, 5) is 27.8. The average Bonchev–Trinajstić information content (AvgIpc) is 3.11. The lowest BCUT2D eigenvalue weighted by Gasteiger charge is -2.26. The third-order valence-electron chi connectivity index (χ3n) is 4.27. The molecule has 2 N–H and O–H groups in total. The number of benzene rings is 1. The maximum atomic E-state index is 12.5. The van der Waals surface area contributed by atoms with E-state index in [1.165, 1.54) is 0 Å². The van der Waals surface area contributed by atoms with Crippen LogP contribution >= 0.6 is 11.3 Å². The molecule has 1 aromatic heterocycles. The molecule has 22 heavy (non-hydrogen) atoms. The highest BCUT2D eigenvalue weighted by atomic mass is 32.1. The molecule has 1 aliphatic carbocycles. The first-order valence-corrected chi connectivity index (χ1v) is 8.25. The number of carboxylic acid groups (broad SMARTS) is 1. The number of carbonyl (C=O) groups excluding carboxylic acids is 1. The van der Waals surface area contributed by atoms with Crippen molar-refractivity contribution in [3.8, 4) is 0 Å². The fourth-order valence-electron chi connectivity index (χ4n) is 3.16. The summed E-state index contributed by atoms with van der Waals surface area (Å²) in [5.41, 5.74) is 0.463. The normalized spacial score (nSPS) is 16.7. The van der Waals surface area contributed by atoms with Gasteiger partial charge in [-0.2, -0.15) is 0 Å². The van der Waals surface area contributed by atoms with Crippen LogP contribution < -0.4 is 5.32 Å². The molecule has 0 saturated heterocycles. The largest absolute Gasteiger partial charge is 0.480 e. The van der Waals surface area contributed by atoms with E-state index in [9.17, 15) is 9.59 Å². The van der Waals surface area contributed by atoms with Crippen LogP contribution in [0.25, 0.3) is 10.2 Å². The molecule has 1 aromatic carbocycles. The van der Waals surface area contributed by atoms with Gasteiger partial charge in [0.05, 0.1) is 20.6 Å². The summed E-state index contributed by atoms with van der Waals surface area (Å²) in [6.45, 7) is -0.319. The van der Waals surface area contributed by atoms with Crippen molar-refractivity contribution in [2.24, 2.45) is 5.41 Å². The molecule has 1 fully saturated rings. The second-order valence-electron chi connectivity index (χ2n) is 5.82. The molecule has 0 atom stereocenters. The molecule has 1 aliphatic rings. The van der Waals surface area contributed by atoms with E-state index in [1.54, 1.807) is 11.3 Å². The summed E-state index contributed by atoms with van der Waals surface area (Å²) in [5, 5.41) is 12.3. The minimum absolute atomic E-state index is 0.147. The predicted octanol–water partition coefficient (Wildman–Crippen LogP) is 2.60. The molecule has 0 bridgehead atoms. The number of fused-ring (bicyclic) bond motifs is 1. The fraction of sp³-hybridized carbons (Fsp3) is 0.438. The molecule has 0 unspecified atom stereocenters. The number of amides is 1. The van der Waals surface area contributed by atoms with Gasteiger partial charge in [-0.15, -0.1) is 11.3 Å². The molecule has 0 spiro atoms. The number of carbonyl (C=O) groups is 2. The molecule has 116 valence electrons. The fourth-order valence-corrected chi connectivity index (χ4v) is 4.28. The first kappa shape index (κ1) is 15.0. The zero-order chi connectivity index (χ0) is 15.6. The van der Waals surface area contributed by atoms with Crippen molar-refractivity contribution >= 4 is 33.4 Å². The van der Waals surface area contributed by atoms with E-state index in [2.05, 4.69) is 10.3 Å². The van der Waals surface area contributed by atoms with Gasteiger partial charge in [0.25, 0.3) is 0 Å². The summed E-state index contributed by atoms with van der Waals surface area (Å²) in [6.07, 6.45) is 4.21. The van der Waals surface area contributed by atoms with Crippen LogP contribution in [0.4, 0.5) is 0 Å². The van der Waals surface area contributed by atoms with E-state index in [0.29, 0.717) is 6.42 Å². The van der Waals surface area contributed by atoms with Gasteiger partial charge >= 0.3 is 5.97 Å². The number of aliphatic carboxylic acids is 1. The molecule has 2 aromatic rings. The molecule has 1 heterocycles. The summed E-state index contributed by atoms with van der Waals surface area (Å²) < 4.78 is 1.12. The Hall–Kier alpha value is -1.95. The second-order valence-corrected chi connectivity index (χ2v) is 6.93. The Balaban J connectivity index is 1.81. The van der Waals surface area contributed by atoms with E-state index in [0.717, 1.165) is 40.9 Å². The highest BCUT2D eigenvalue weighted by Gasteiger charge is 2.41. The van der Waals surface area contributed by atoms with Gasteiger partial charge in [0.1, 0.15) is 6.54 Å². The van der Waals surface area contributed by atoms with Crippen LogP contribution in [-0.2, 0) is 16.0 Å². The maximum absolute atomic E-state index is 12.5. The average molecular weight is 318 g/mol. The number of thiazole rings is 1. The number of rotatable bonds is 5. The van der Waals surface area contributed by atoms with Crippen molar-refractivity contribution in [3.05, 3.63) is 29.3 Å². The summed E-state index contributed by atoms with van der Waals surface area (Å²) >= 11 is 1.62. The minimum Gasteiger partial charge on any atom is -0.480 e. The zero-order valence-electron chi connectivity index (χ0n) is 12.2. The lowest BCUT2D eigenvalue weighted by Crippen LogP contribution is -2.42. The summed E-state index contributed by atoms with van der Waals surface area (Å²) in [5.74, 6) is -1.16. The molecule has 1 saturated carbocycles. The molecule has 5 nitrogen and oxygen atoms in total. The number of nitrogens with zero attached hydrogens (tertiary/aromatic N) is 1. The maximum Gasteiger partial charge on any atom is 0.322 e. The van der Waals surface area contributed by atoms with E-state index in [-0.39, 0.29) is 12.5 Å². The lowest BCUT2D eigenvalue weighted by atomic mass is 9.82. The number of hydrogen-bond donors (Lipinski definition) is 2. The molecular weight excluding hydrogens is 300 g/mol. The highest BCUT2D eigenvalue weighted by Crippen LogP contribution is 2.42. The van der Waals surface area contributed by atoms with Crippen molar-refractivity contribution < 1.29 is 14.7 Å². The van der Waals surface area contributed by atoms with Gasteiger partial charge in [-0.3, -0.25) is 9.59 Å². The van der Waals surface area contributed by atoms with Gasteiger partial charge in [-0.05, 0) is 25.0 Å². The minimum atomic E-state index is -1.01. The summed E-state index contributed by atoms with van der Waals surface area (Å²) in [6, 6.07) is 7.94. The van der Waals surface area contributed by atoms with Crippen molar-refractivity contribution in [1.29, 1.82) is 0 Å². The number of aromatic nitrogens is 1. The van der Waals surface area contributed by atoms with Crippen molar-refractivity contribution in [2.45, 2.75) is 32.1 Å². The van der Waals surface area contributed by atoms with Crippen molar-refractivity contribution in [1.82, 2.24) is 10.3 Å². The first-order valence-electron chi connectivity index (χ1n) is 7.44. The smallest absolute Gasteiger partial charge is 0.322 e. The number of carboxylic acids is 1. The predicted molar refractivity (Wildman–Crippen MR) is 84.9 cm³/mol. The monoisotopic (exact) mass is 318 g/mol. The Morgan fingerprint density at radius 3 is 2.68 bits per heavy atom. The Kier molecular flexibility index (Phi) is 4.11. The SMILES string of the molecule is O=C(O)CNC(=O)C1(Cc2nc3ccccc3s2)CCCC1. The number of para-hydroxylation sites is 1. The Labute approximate surface area is 132 Å². The van der Waals surface area contributed by atoms with Gasteiger partial charge in [0.2, 0.25) is 5.91 Å². The number of hydrogen-bond acceptors (Lipinski definition) is 4. The molecule has 0 radical (unpaired) electrons. The second kappa shape index (κ2) is 6.04. The Morgan fingerprint density at radius 2 is 2.00 bits per heavy atom. The van der Waals surface area contributed by atoms with E-state index in [4.69, 9.17) is 5.11 Å².